The van der Waals surface area contributed by atoms with Crippen molar-refractivity contribution in [3.8, 4) is 0 Å². The highest BCUT2D eigenvalue weighted by atomic mass is 16.2. The fraction of sp³-hybridized carbons (Fsp3) is 0.444. The highest BCUT2D eigenvalue weighted by Crippen LogP contribution is 2.21. The van der Waals surface area contributed by atoms with Gasteiger partial charge in [0.2, 0.25) is 5.91 Å². The maximum absolute atomic E-state index is 12.9. The quantitative estimate of drug-likeness (QED) is 0.912. The van der Waals surface area contributed by atoms with Crippen molar-refractivity contribution in [2.75, 3.05) is 6.54 Å². The highest BCUT2D eigenvalue weighted by Gasteiger charge is 2.32. The molecule has 25 heavy (non-hydrogen) atoms. The molecule has 0 bridgehead atoms. The van der Waals surface area contributed by atoms with Crippen molar-refractivity contribution >= 4 is 11.8 Å². The van der Waals surface area contributed by atoms with Gasteiger partial charge >= 0.3 is 0 Å². The summed E-state index contributed by atoms with van der Waals surface area (Å²) < 4.78 is 0. The Morgan fingerprint density at radius 1 is 1.28 bits per heavy atom. The van der Waals surface area contributed by atoms with Crippen LogP contribution in [0.4, 0.5) is 0 Å². The zero-order valence-electron chi connectivity index (χ0n) is 14.6. The Bertz CT molecular complexity index is 770. The first-order chi connectivity index (χ1) is 12.1. The van der Waals surface area contributed by atoms with E-state index in [0.717, 1.165) is 18.4 Å². The topological polar surface area (TPSA) is 80.1 Å². The van der Waals surface area contributed by atoms with Gasteiger partial charge in [-0.15, -0.1) is 0 Å². The molecular formula is C18H23N5O2. The molecule has 1 saturated heterocycles. The number of amides is 2. The second-order valence-electron chi connectivity index (χ2n) is 6.37. The molecule has 7 nitrogen and oxygen atoms in total. The van der Waals surface area contributed by atoms with E-state index in [1.54, 1.807) is 18.1 Å². The molecule has 0 spiro atoms. The first kappa shape index (κ1) is 17.1. The van der Waals surface area contributed by atoms with Gasteiger partial charge < -0.3 is 10.2 Å². The summed E-state index contributed by atoms with van der Waals surface area (Å²) in [7, 11) is 1.73. The summed E-state index contributed by atoms with van der Waals surface area (Å²) in [5, 5.41) is 11.0. The molecule has 0 aliphatic carbocycles. The molecule has 0 radical (unpaired) electrons. The number of likely N-dealkylation sites (tertiary alicyclic amines) is 1. The average molecular weight is 341 g/mol. The van der Waals surface area contributed by atoms with Crippen molar-refractivity contribution in [1.82, 2.24) is 25.2 Å². The lowest BCUT2D eigenvalue weighted by Crippen LogP contribution is -2.51. The molecule has 0 saturated carbocycles. The predicted octanol–water partition coefficient (Wildman–Crippen LogP) is 1.43. The Morgan fingerprint density at radius 2 is 2.08 bits per heavy atom. The Hall–Kier alpha value is -2.70. The highest BCUT2D eigenvalue weighted by molar-refractivity contribution is 5.98. The van der Waals surface area contributed by atoms with Gasteiger partial charge in [-0.05, 0) is 37.8 Å². The zero-order valence-corrected chi connectivity index (χ0v) is 14.6. The SMILES string of the molecule is Cc1ccccc1C(=O)N1CCCCC1C(=O)NCc1cnn(C)n1. The van der Waals surface area contributed by atoms with Gasteiger partial charge in [0, 0.05) is 19.2 Å². The maximum Gasteiger partial charge on any atom is 0.254 e. The number of rotatable bonds is 4. The molecule has 2 heterocycles. The number of carbonyl (C=O) groups excluding carboxylic acids is 2. The molecule has 1 N–H and O–H groups in total. The summed E-state index contributed by atoms with van der Waals surface area (Å²) in [5.41, 5.74) is 2.29. The van der Waals surface area contributed by atoms with Crippen molar-refractivity contribution in [2.24, 2.45) is 7.05 Å². The van der Waals surface area contributed by atoms with E-state index in [0.29, 0.717) is 30.8 Å². The number of aryl methyl sites for hydroxylation is 2. The molecular weight excluding hydrogens is 318 g/mol. The number of carbonyl (C=O) groups is 2. The van der Waals surface area contributed by atoms with Gasteiger partial charge in [-0.3, -0.25) is 9.59 Å². The van der Waals surface area contributed by atoms with Gasteiger partial charge in [0.05, 0.1) is 12.7 Å². The number of nitrogens with one attached hydrogen (secondary N) is 1. The zero-order chi connectivity index (χ0) is 17.8. The number of nitrogens with zero attached hydrogens (tertiary/aromatic N) is 4. The number of benzene rings is 1. The number of aromatic nitrogens is 3. The van der Waals surface area contributed by atoms with Crippen LogP contribution in [0.15, 0.2) is 30.5 Å². The second-order valence-corrected chi connectivity index (χ2v) is 6.37. The minimum absolute atomic E-state index is 0.0718. The van der Waals surface area contributed by atoms with Crippen LogP contribution in [-0.4, -0.2) is 44.3 Å². The van der Waals surface area contributed by atoms with E-state index < -0.39 is 6.04 Å². The summed E-state index contributed by atoms with van der Waals surface area (Å²) in [5.74, 6) is -0.204. The Morgan fingerprint density at radius 3 is 2.80 bits per heavy atom. The number of hydrogen-bond acceptors (Lipinski definition) is 4. The average Bonchev–Trinajstić information content (AvgIpc) is 3.05. The molecule has 1 aliphatic heterocycles. The summed E-state index contributed by atoms with van der Waals surface area (Å²) in [4.78, 5) is 28.7. The van der Waals surface area contributed by atoms with Gasteiger partial charge in [-0.2, -0.15) is 15.0 Å². The molecule has 2 amide bonds. The van der Waals surface area contributed by atoms with E-state index >= 15 is 0 Å². The predicted molar refractivity (Wildman–Crippen MR) is 92.7 cm³/mol. The second kappa shape index (κ2) is 7.46. The van der Waals surface area contributed by atoms with Crippen LogP contribution in [0.2, 0.25) is 0 Å². The molecule has 7 heteroatoms. The molecule has 1 atom stereocenters. The Kier molecular flexibility index (Phi) is 5.11. The third-order valence-corrected chi connectivity index (χ3v) is 4.53. The van der Waals surface area contributed by atoms with Gasteiger partial charge in [0.1, 0.15) is 11.7 Å². The van der Waals surface area contributed by atoms with E-state index in [-0.39, 0.29) is 11.8 Å². The van der Waals surface area contributed by atoms with Crippen molar-refractivity contribution in [1.29, 1.82) is 0 Å². The summed E-state index contributed by atoms with van der Waals surface area (Å²) in [6.07, 6.45) is 4.17. The van der Waals surface area contributed by atoms with Crippen LogP contribution in [-0.2, 0) is 18.4 Å². The Balaban J connectivity index is 1.70. The number of piperidine rings is 1. The minimum Gasteiger partial charge on any atom is -0.349 e. The normalized spacial score (nSPS) is 17.4. The van der Waals surface area contributed by atoms with Crippen LogP contribution in [0.3, 0.4) is 0 Å². The largest absolute Gasteiger partial charge is 0.349 e. The van der Waals surface area contributed by atoms with Gasteiger partial charge in [0.25, 0.3) is 5.91 Å². The van der Waals surface area contributed by atoms with Gasteiger partial charge in [-0.25, -0.2) is 0 Å². The Labute approximate surface area is 147 Å². The lowest BCUT2D eigenvalue weighted by atomic mass is 9.99. The van der Waals surface area contributed by atoms with Crippen molar-refractivity contribution < 1.29 is 9.59 Å². The van der Waals surface area contributed by atoms with Crippen LogP contribution in [0.25, 0.3) is 0 Å². The van der Waals surface area contributed by atoms with Crippen LogP contribution in [0.1, 0.15) is 40.9 Å². The molecule has 1 aromatic heterocycles. The molecule has 1 unspecified atom stereocenters. The van der Waals surface area contributed by atoms with Gasteiger partial charge in [0.15, 0.2) is 0 Å². The first-order valence-corrected chi connectivity index (χ1v) is 8.56. The molecule has 132 valence electrons. The fourth-order valence-corrected chi connectivity index (χ4v) is 3.18. The summed E-state index contributed by atoms with van der Waals surface area (Å²) in [6, 6.07) is 7.07. The van der Waals surface area contributed by atoms with Crippen LogP contribution in [0, 0.1) is 6.92 Å². The smallest absolute Gasteiger partial charge is 0.254 e. The fourth-order valence-electron chi connectivity index (χ4n) is 3.18. The van der Waals surface area contributed by atoms with E-state index in [2.05, 4.69) is 15.5 Å². The molecule has 1 aliphatic rings. The standard InChI is InChI=1S/C18H23N5O2/c1-13-7-3-4-8-15(13)18(25)23-10-6-5-9-16(23)17(24)19-11-14-12-20-22(2)21-14/h3-4,7-8,12,16H,5-6,9-11H2,1-2H3,(H,19,24). The van der Waals surface area contributed by atoms with Gasteiger partial charge in [-0.1, -0.05) is 18.2 Å². The molecule has 1 aromatic carbocycles. The molecule has 2 aromatic rings. The third-order valence-electron chi connectivity index (χ3n) is 4.53. The van der Waals surface area contributed by atoms with E-state index in [9.17, 15) is 9.59 Å². The summed E-state index contributed by atoms with van der Waals surface area (Å²) >= 11 is 0. The molecule has 1 fully saturated rings. The molecule has 3 rings (SSSR count). The van der Waals surface area contributed by atoms with Crippen molar-refractivity contribution in [2.45, 2.75) is 38.8 Å². The monoisotopic (exact) mass is 341 g/mol. The van der Waals surface area contributed by atoms with Crippen LogP contribution in [0.5, 0.6) is 0 Å². The third kappa shape index (κ3) is 3.87. The summed E-state index contributed by atoms with van der Waals surface area (Å²) in [6.45, 7) is 2.84. The lowest BCUT2D eigenvalue weighted by Gasteiger charge is -2.35. The van der Waals surface area contributed by atoms with Crippen LogP contribution >= 0.6 is 0 Å². The van der Waals surface area contributed by atoms with E-state index in [1.807, 2.05) is 31.2 Å². The first-order valence-electron chi connectivity index (χ1n) is 8.56. The minimum atomic E-state index is -0.433. The van der Waals surface area contributed by atoms with Crippen molar-refractivity contribution in [3.05, 3.63) is 47.3 Å². The lowest BCUT2D eigenvalue weighted by molar-refractivity contribution is -0.126. The maximum atomic E-state index is 12.9. The van der Waals surface area contributed by atoms with E-state index in [1.165, 1.54) is 4.80 Å². The van der Waals surface area contributed by atoms with Crippen molar-refractivity contribution in [3.63, 3.8) is 0 Å². The van der Waals surface area contributed by atoms with Crippen LogP contribution < -0.4 is 5.32 Å². The van der Waals surface area contributed by atoms with E-state index in [4.69, 9.17) is 0 Å². The number of hydrogen-bond donors (Lipinski definition) is 1.